The summed E-state index contributed by atoms with van der Waals surface area (Å²) in [6, 6.07) is 12.0. The number of aromatic nitrogens is 1. The molecule has 1 aromatic heterocycles. The molecular formula is C18H12Cl2N2NaO3. The van der Waals surface area contributed by atoms with Crippen LogP contribution in [0.1, 0.15) is 16.1 Å². The number of benzene rings is 2. The first-order chi connectivity index (χ1) is 12.0. The van der Waals surface area contributed by atoms with Gasteiger partial charge in [-0.25, -0.2) is 4.79 Å². The number of carboxylic acid groups (broad SMARTS) is 1. The quantitative estimate of drug-likeness (QED) is 0.449. The van der Waals surface area contributed by atoms with Crippen LogP contribution in [0.3, 0.4) is 0 Å². The molecule has 0 atom stereocenters. The second-order valence-corrected chi connectivity index (χ2v) is 6.06. The van der Waals surface area contributed by atoms with Crippen molar-refractivity contribution in [3.8, 4) is 0 Å². The summed E-state index contributed by atoms with van der Waals surface area (Å²) in [5.74, 6) is -1.55. The molecule has 1 radical (unpaired) electrons. The number of nitrogens with one attached hydrogen (secondary N) is 2. The molecule has 0 fully saturated rings. The minimum Gasteiger partial charge on any atom is -0.477 e. The maximum absolute atomic E-state index is 12.1. The third-order valence-electron chi connectivity index (χ3n) is 3.51. The van der Waals surface area contributed by atoms with Gasteiger partial charge >= 0.3 is 5.97 Å². The van der Waals surface area contributed by atoms with E-state index in [0.29, 0.717) is 32.2 Å². The molecule has 26 heavy (non-hydrogen) atoms. The van der Waals surface area contributed by atoms with Gasteiger partial charge in [-0.3, -0.25) is 4.79 Å². The van der Waals surface area contributed by atoms with Crippen LogP contribution in [0.2, 0.25) is 10.0 Å². The molecule has 2 aromatic carbocycles. The Kier molecular flexibility index (Phi) is 6.92. The molecule has 0 saturated carbocycles. The normalized spacial score (nSPS) is 10.7. The number of anilines is 1. The van der Waals surface area contributed by atoms with E-state index in [-0.39, 0.29) is 41.2 Å². The van der Waals surface area contributed by atoms with E-state index < -0.39 is 5.97 Å². The average Bonchev–Trinajstić information content (AvgIpc) is 2.93. The fourth-order valence-electron chi connectivity index (χ4n) is 2.47. The molecule has 1 amide bonds. The average molecular weight is 398 g/mol. The molecule has 3 N–H and O–H groups in total. The van der Waals surface area contributed by atoms with Gasteiger partial charge in [0.05, 0.1) is 5.02 Å². The zero-order chi connectivity index (χ0) is 18.0. The molecule has 3 aromatic rings. The number of fused-ring (bicyclic) bond motifs is 1. The molecule has 0 spiro atoms. The summed E-state index contributed by atoms with van der Waals surface area (Å²) in [5.41, 5.74) is 1.37. The molecule has 5 nitrogen and oxygen atoms in total. The standard InChI is InChI=1S/C18H12Cl2N2O3.Na/c19-10-8-13(20)16-12(17(18(24)25)22-14(16)9-10)6-7-15(23)21-11-4-2-1-3-5-11;/h1-9,22H,(H,21,23)(H,24,25);/b7-6+;. The van der Waals surface area contributed by atoms with Crippen molar-refractivity contribution in [1.82, 2.24) is 4.98 Å². The van der Waals surface area contributed by atoms with Crippen LogP contribution in [0.5, 0.6) is 0 Å². The van der Waals surface area contributed by atoms with E-state index in [1.54, 1.807) is 30.3 Å². The van der Waals surface area contributed by atoms with E-state index in [9.17, 15) is 14.7 Å². The maximum Gasteiger partial charge on any atom is 0.352 e. The Bertz CT molecular complexity index is 1000. The monoisotopic (exact) mass is 397 g/mol. The fraction of sp³-hybridized carbons (Fsp3) is 0. The zero-order valence-corrected chi connectivity index (χ0v) is 17.2. The topological polar surface area (TPSA) is 82.2 Å². The third-order valence-corrected chi connectivity index (χ3v) is 4.03. The van der Waals surface area contributed by atoms with Crippen molar-refractivity contribution in [2.24, 2.45) is 0 Å². The van der Waals surface area contributed by atoms with E-state index in [2.05, 4.69) is 10.3 Å². The second kappa shape index (κ2) is 8.75. The Morgan fingerprint density at radius 3 is 2.46 bits per heavy atom. The number of carbonyl (C=O) groups is 2. The molecule has 8 heteroatoms. The van der Waals surface area contributed by atoms with E-state index in [1.165, 1.54) is 18.2 Å². The summed E-state index contributed by atoms with van der Waals surface area (Å²) in [6.07, 6.45) is 2.67. The van der Waals surface area contributed by atoms with Crippen LogP contribution in [0, 0.1) is 0 Å². The number of aromatic carboxylic acids is 1. The largest absolute Gasteiger partial charge is 0.477 e. The number of amides is 1. The zero-order valence-electron chi connectivity index (χ0n) is 13.7. The summed E-state index contributed by atoms with van der Waals surface area (Å²) in [4.78, 5) is 26.3. The van der Waals surface area contributed by atoms with Crippen LogP contribution >= 0.6 is 23.2 Å². The number of H-pyrrole nitrogens is 1. The molecule has 127 valence electrons. The summed E-state index contributed by atoms with van der Waals surface area (Å²) in [7, 11) is 0. The number of hydrogen-bond acceptors (Lipinski definition) is 2. The SMILES string of the molecule is O=C(/C=C/c1c(C(=O)O)[nH]c2cc(Cl)cc(Cl)c12)Nc1ccccc1.[Na]. The predicted octanol–water partition coefficient (Wildman–Crippen LogP) is 4.44. The van der Waals surface area contributed by atoms with Crippen molar-refractivity contribution in [3.63, 3.8) is 0 Å². The van der Waals surface area contributed by atoms with E-state index in [0.717, 1.165) is 0 Å². The van der Waals surface area contributed by atoms with Gasteiger partial charge in [0.15, 0.2) is 0 Å². The first kappa shape index (κ1) is 20.6. The van der Waals surface area contributed by atoms with Gasteiger partial charge in [-0.1, -0.05) is 41.4 Å². The van der Waals surface area contributed by atoms with Crippen LogP contribution < -0.4 is 5.32 Å². The Morgan fingerprint density at radius 2 is 1.81 bits per heavy atom. The van der Waals surface area contributed by atoms with Crippen LogP contribution in [-0.4, -0.2) is 51.5 Å². The van der Waals surface area contributed by atoms with Gasteiger partial charge in [-0.2, -0.15) is 0 Å². The predicted molar refractivity (Wildman–Crippen MR) is 105 cm³/mol. The Hall–Kier alpha value is -1.76. The molecular weight excluding hydrogens is 386 g/mol. The van der Waals surface area contributed by atoms with Gasteiger partial charge in [0.25, 0.3) is 0 Å². The molecule has 0 aliphatic carbocycles. The number of rotatable bonds is 4. The van der Waals surface area contributed by atoms with Gasteiger partial charge in [0.1, 0.15) is 5.69 Å². The molecule has 3 rings (SSSR count). The van der Waals surface area contributed by atoms with Crippen LogP contribution in [-0.2, 0) is 4.79 Å². The van der Waals surface area contributed by atoms with Crippen molar-refractivity contribution in [2.75, 3.05) is 5.32 Å². The first-order valence-corrected chi connectivity index (χ1v) is 7.99. The molecule has 0 saturated heterocycles. The summed E-state index contributed by atoms with van der Waals surface area (Å²) in [6.45, 7) is 0. The van der Waals surface area contributed by atoms with Gasteiger partial charge in [-0.05, 0) is 30.3 Å². The number of halogens is 2. The van der Waals surface area contributed by atoms with Crippen LogP contribution in [0.25, 0.3) is 17.0 Å². The molecule has 0 aliphatic rings. The van der Waals surface area contributed by atoms with Gasteiger partial charge in [-0.15, -0.1) is 0 Å². The smallest absolute Gasteiger partial charge is 0.352 e. The molecule has 1 heterocycles. The number of carbonyl (C=O) groups excluding carboxylic acids is 1. The number of hydrogen-bond donors (Lipinski definition) is 3. The summed E-state index contributed by atoms with van der Waals surface area (Å²) in [5, 5.41) is 13.2. The van der Waals surface area contributed by atoms with Crippen molar-refractivity contribution >= 4 is 87.3 Å². The minimum atomic E-state index is -1.16. The van der Waals surface area contributed by atoms with Crippen molar-refractivity contribution < 1.29 is 14.7 Å². The van der Waals surface area contributed by atoms with Gasteiger partial charge < -0.3 is 15.4 Å². The second-order valence-electron chi connectivity index (χ2n) is 5.22. The van der Waals surface area contributed by atoms with E-state index in [1.807, 2.05) is 6.07 Å². The minimum absolute atomic E-state index is 0. The third kappa shape index (κ3) is 4.50. The first-order valence-electron chi connectivity index (χ1n) is 7.24. The number of aromatic amines is 1. The summed E-state index contributed by atoms with van der Waals surface area (Å²) >= 11 is 12.1. The van der Waals surface area contributed by atoms with Crippen molar-refractivity contribution in [3.05, 3.63) is 69.8 Å². The Labute approximate surface area is 181 Å². The fourth-order valence-corrected chi connectivity index (χ4v) is 3.07. The van der Waals surface area contributed by atoms with E-state index in [4.69, 9.17) is 23.2 Å². The number of para-hydroxylation sites is 1. The maximum atomic E-state index is 12.1. The number of carboxylic acids is 1. The van der Waals surface area contributed by atoms with Crippen molar-refractivity contribution in [1.29, 1.82) is 0 Å². The Morgan fingerprint density at radius 1 is 1.12 bits per heavy atom. The molecule has 0 bridgehead atoms. The van der Waals surface area contributed by atoms with Crippen molar-refractivity contribution in [2.45, 2.75) is 0 Å². The molecule has 0 unspecified atom stereocenters. The van der Waals surface area contributed by atoms with E-state index >= 15 is 0 Å². The van der Waals surface area contributed by atoms with Gasteiger partial charge in [0.2, 0.25) is 5.91 Å². The van der Waals surface area contributed by atoms with Gasteiger partial charge in [0, 0.05) is 62.8 Å². The van der Waals surface area contributed by atoms with Crippen LogP contribution in [0.4, 0.5) is 5.69 Å². The Balaban J connectivity index is 0.00000243. The molecule has 0 aliphatic heterocycles. The van der Waals surface area contributed by atoms with Crippen LogP contribution in [0.15, 0.2) is 48.5 Å². The summed E-state index contributed by atoms with van der Waals surface area (Å²) < 4.78 is 0.